The van der Waals surface area contributed by atoms with Crippen molar-refractivity contribution < 1.29 is 0 Å². The molecule has 0 heterocycles. The maximum Gasteiger partial charge on any atom is -0.0320 e. The van der Waals surface area contributed by atoms with E-state index in [1.54, 1.807) is 0 Å². The van der Waals surface area contributed by atoms with Crippen molar-refractivity contribution in [3.63, 3.8) is 0 Å². The van der Waals surface area contributed by atoms with E-state index in [9.17, 15) is 0 Å². The van der Waals surface area contributed by atoms with Crippen molar-refractivity contribution in [2.75, 3.05) is 0 Å². The Morgan fingerprint density at radius 3 is 2.00 bits per heavy atom. The Hall–Kier alpha value is -0.260. The quantitative estimate of drug-likeness (QED) is 0.330. The molecule has 0 aromatic heterocycles. The van der Waals surface area contributed by atoms with Gasteiger partial charge in [-0.05, 0) is 37.0 Å². The van der Waals surface area contributed by atoms with Crippen LogP contribution in [0.5, 0.6) is 0 Å². The molecule has 0 bridgehead atoms. The molecule has 0 fully saturated rings. The summed E-state index contributed by atoms with van der Waals surface area (Å²) in [5.74, 6) is 3.65. The molecule has 20 heavy (non-hydrogen) atoms. The maximum atomic E-state index is 2.48. The normalized spacial score (nSPS) is 18.1. The average Bonchev–Trinajstić information content (AvgIpc) is 2.46. The van der Waals surface area contributed by atoms with Crippen molar-refractivity contribution in [2.45, 2.75) is 92.9 Å². The summed E-state index contributed by atoms with van der Waals surface area (Å²) in [6.07, 6.45) is 15.6. The standard InChI is InChI=1S/C20H40/c1-7-11-15-20(13-8-2)18(6)14-12-16-19(10-4)17(5)9-3/h7,11,17-20H,8-10,12-16H2,1-6H3. The maximum absolute atomic E-state index is 2.48. The van der Waals surface area contributed by atoms with E-state index in [1.165, 1.54) is 51.4 Å². The van der Waals surface area contributed by atoms with Crippen LogP contribution >= 0.6 is 0 Å². The molecule has 0 spiro atoms. The van der Waals surface area contributed by atoms with Gasteiger partial charge in [-0.3, -0.25) is 0 Å². The Morgan fingerprint density at radius 1 is 0.800 bits per heavy atom. The monoisotopic (exact) mass is 280 g/mol. The molecule has 4 atom stereocenters. The van der Waals surface area contributed by atoms with Crippen molar-refractivity contribution in [1.82, 2.24) is 0 Å². The van der Waals surface area contributed by atoms with Crippen molar-refractivity contribution in [2.24, 2.45) is 23.7 Å². The third kappa shape index (κ3) is 8.12. The molecule has 0 radical (unpaired) electrons. The predicted octanol–water partition coefficient (Wildman–Crippen LogP) is 7.25. The van der Waals surface area contributed by atoms with Crippen LogP contribution in [0.4, 0.5) is 0 Å². The second-order valence-electron chi connectivity index (χ2n) is 6.82. The molecule has 0 heteroatoms. The molecular formula is C20H40. The summed E-state index contributed by atoms with van der Waals surface area (Å²) in [4.78, 5) is 0. The third-order valence-corrected chi connectivity index (χ3v) is 5.35. The largest absolute Gasteiger partial charge is 0.0917 e. The van der Waals surface area contributed by atoms with Gasteiger partial charge in [0.2, 0.25) is 0 Å². The van der Waals surface area contributed by atoms with Crippen LogP contribution in [0.25, 0.3) is 0 Å². The van der Waals surface area contributed by atoms with Crippen molar-refractivity contribution in [3.8, 4) is 0 Å². The Balaban J connectivity index is 4.12. The molecule has 0 amide bonds. The highest BCUT2D eigenvalue weighted by Crippen LogP contribution is 2.29. The van der Waals surface area contributed by atoms with E-state index in [2.05, 4.69) is 53.7 Å². The van der Waals surface area contributed by atoms with Gasteiger partial charge in [0.1, 0.15) is 0 Å². The van der Waals surface area contributed by atoms with Crippen LogP contribution in [-0.4, -0.2) is 0 Å². The van der Waals surface area contributed by atoms with E-state index in [4.69, 9.17) is 0 Å². The first kappa shape index (κ1) is 19.7. The van der Waals surface area contributed by atoms with E-state index in [0.29, 0.717) is 0 Å². The van der Waals surface area contributed by atoms with Crippen LogP contribution in [0.15, 0.2) is 12.2 Å². The van der Waals surface area contributed by atoms with Crippen LogP contribution < -0.4 is 0 Å². The fraction of sp³-hybridized carbons (Fsp3) is 0.900. The zero-order chi connectivity index (χ0) is 15.4. The highest BCUT2D eigenvalue weighted by atomic mass is 14.2. The smallest absolute Gasteiger partial charge is 0.0320 e. The SMILES string of the molecule is CC=CCC(CCC)C(C)CCCC(CC)C(C)CC. The summed E-state index contributed by atoms with van der Waals surface area (Å²) in [6, 6.07) is 0. The lowest BCUT2D eigenvalue weighted by Gasteiger charge is -2.25. The van der Waals surface area contributed by atoms with Gasteiger partial charge in [-0.25, -0.2) is 0 Å². The van der Waals surface area contributed by atoms with Gasteiger partial charge in [0, 0.05) is 0 Å². The lowest BCUT2D eigenvalue weighted by Crippen LogP contribution is -2.14. The molecule has 0 aromatic rings. The minimum Gasteiger partial charge on any atom is -0.0917 e. The Morgan fingerprint density at radius 2 is 1.50 bits per heavy atom. The van der Waals surface area contributed by atoms with Crippen LogP contribution in [-0.2, 0) is 0 Å². The fourth-order valence-electron chi connectivity index (χ4n) is 3.48. The zero-order valence-electron chi connectivity index (χ0n) is 15.1. The minimum atomic E-state index is 0.889. The number of hydrogen-bond acceptors (Lipinski definition) is 0. The predicted molar refractivity (Wildman–Crippen MR) is 94.1 cm³/mol. The molecule has 0 nitrogen and oxygen atoms in total. The summed E-state index contributed by atoms with van der Waals surface area (Å²) in [7, 11) is 0. The zero-order valence-corrected chi connectivity index (χ0v) is 15.1. The van der Waals surface area contributed by atoms with Gasteiger partial charge in [0.05, 0.1) is 0 Å². The van der Waals surface area contributed by atoms with Crippen molar-refractivity contribution in [3.05, 3.63) is 12.2 Å². The number of hydrogen-bond donors (Lipinski definition) is 0. The molecular weight excluding hydrogens is 240 g/mol. The summed E-state index contributed by atoms with van der Waals surface area (Å²) < 4.78 is 0. The molecule has 0 aromatic carbocycles. The summed E-state index contributed by atoms with van der Waals surface area (Å²) in [5, 5.41) is 0. The number of allylic oxidation sites excluding steroid dienone is 2. The van der Waals surface area contributed by atoms with Crippen LogP contribution in [0, 0.1) is 23.7 Å². The van der Waals surface area contributed by atoms with Gasteiger partial charge in [0.15, 0.2) is 0 Å². The number of rotatable bonds is 12. The fourth-order valence-corrected chi connectivity index (χ4v) is 3.48. The second-order valence-corrected chi connectivity index (χ2v) is 6.82. The third-order valence-electron chi connectivity index (χ3n) is 5.35. The molecule has 0 N–H and O–H groups in total. The summed E-state index contributed by atoms with van der Waals surface area (Å²) in [5.41, 5.74) is 0. The molecule has 0 aliphatic heterocycles. The molecule has 0 aliphatic rings. The van der Waals surface area contributed by atoms with Gasteiger partial charge in [-0.15, -0.1) is 0 Å². The van der Waals surface area contributed by atoms with E-state index in [0.717, 1.165) is 23.7 Å². The van der Waals surface area contributed by atoms with Gasteiger partial charge < -0.3 is 0 Å². The highest BCUT2D eigenvalue weighted by Gasteiger charge is 2.17. The molecule has 4 unspecified atom stereocenters. The van der Waals surface area contributed by atoms with E-state index >= 15 is 0 Å². The van der Waals surface area contributed by atoms with Gasteiger partial charge in [-0.1, -0.05) is 91.7 Å². The van der Waals surface area contributed by atoms with E-state index in [1.807, 2.05) is 0 Å². The van der Waals surface area contributed by atoms with Crippen LogP contribution in [0.2, 0.25) is 0 Å². The van der Waals surface area contributed by atoms with Gasteiger partial charge in [0.25, 0.3) is 0 Å². The molecule has 0 aliphatic carbocycles. The molecule has 0 saturated heterocycles. The lowest BCUT2D eigenvalue weighted by molar-refractivity contribution is 0.271. The molecule has 0 saturated carbocycles. The minimum absolute atomic E-state index is 0.889. The average molecular weight is 281 g/mol. The van der Waals surface area contributed by atoms with Crippen molar-refractivity contribution in [1.29, 1.82) is 0 Å². The van der Waals surface area contributed by atoms with E-state index in [-0.39, 0.29) is 0 Å². The van der Waals surface area contributed by atoms with E-state index < -0.39 is 0 Å². The van der Waals surface area contributed by atoms with Gasteiger partial charge in [-0.2, -0.15) is 0 Å². The Kier molecular flexibility index (Phi) is 12.3. The Bertz CT molecular complexity index is 228. The molecule has 120 valence electrons. The summed E-state index contributed by atoms with van der Waals surface area (Å²) >= 11 is 0. The van der Waals surface area contributed by atoms with Gasteiger partial charge >= 0.3 is 0 Å². The molecule has 0 rings (SSSR count). The summed E-state index contributed by atoms with van der Waals surface area (Å²) in [6.45, 7) is 14.1. The first-order valence-corrected chi connectivity index (χ1v) is 9.21. The second kappa shape index (κ2) is 12.5. The lowest BCUT2D eigenvalue weighted by atomic mass is 9.81. The first-order valence-electron chi connectivity index (χ1n) is 9.21. The van der Waals surface area contributed by atoms with Crippen LogP contribution in [0.3, 0.4) is 0 Å². The highest BCUT2D eigenvalue weighted by molar-refractivity contribution is 4.82. The Labute approximate surface area is 129 Å². The first-order chi connectivity index (χ1) is 9.60. The van der Waals surface area contributed by atoms with Crippen molar-refractivity contribution >= 4 is 0 Å². The topological polar surface area (TPSA) is 0 Å². The van der Waals surface area contributed by atoms with Crippen LogP contribution in [0.1, 0.15) is 92.9 Å².